The highest BCUT2D eigenvalue weighted by Gasteiger charge is 2.65. The monoisotopic (exact) mass is 257 g/mol. The van der Waals surface area contributed by atoms with Crippen molar-refractivity contribution in [1.82, 2.24) is 0 Å². The Morgan fingerprint density at radius 1 is 1.14 bits per heavy atom. The van der Waals surface area contributed by atoms with Gasteiger partial charge in [0.1, 0.15) is 0 Å². The number of hydrogen-bond acceptors (Lipinski definition) is 3. The quantitative estimate of drug-likeness (QED) is 0.299. The van der Waals surface area contributed by atoms with E-state index in [1.165, 1.54) is 0 Å². The Balaban J connectivity index is 5.24. The Bertz CT molecular complexity index is 305. The lowest BCUT2D eigenvalue weighted by molar-refractivity contribution is -0.106. The molecule has 0 aromatic rings. The lowest BCUT2D eigenvalue weighted by atomic mass is 10.4. The van der Waals surface area contributed by atoms with Gasteiger partial charge in [-0.2, -0.15) is 17.6 Å². The maximum Gasteiger partial charge on any atom is 0.413 e. The molecule has 0 spiro atoms. The summed E-state index contributed by atoms with van der Waals surface area (Å²) in [6, 6.07) is 0. The molecule has 5 nitrogen and oxygen atoms in total. The van der Waals surface area contributed by atoms with Crippen LogP contribution in [0.4, 0.5) is 17.6 Å². The summed E-state index contributed by atoms with van der Waals surface area (Å²) < 4.78 is 84.8. The molecule has 2 atom stereocenters. The van der Waals surface area contributed by atoms with E-state index in [2.05, 4.69) is 0 Å². The average Bonchev–Trinajstić information content (AvgIpc) is 2.01. The smallest absolute Gasteiger partial charge is 0.301 e. The van der Waals surface area contributed by atoms with E-state index in [0.717, 1.165) is 0 Å². The summed E-state index contributed by atoms with van der Waals surface area (Å²) in [6.07, 6.45) is 0. The molecule has 2 unspecified atom stereocenters. The second-order valence-electron chi connectivity index (χ2n) is 1.92. The minimum Gasteiger partial charge on any atom is -0.301 e. The van der Waals surface area contributed by atoms with E-state index < -0.39 is 38.4 Å². The van der Waals surface area contributed by atoms with Crippen molar-refractivity contribution in [3.8, 4) is 0 Å². The number of hydrogen-bond donors (Lipinski definition) is 3. The Hall–Kier alpha value is -0.390. The van der Waals surface area contributed by atoms with Crippen LogP contribution in [0.25, 0.3) is 0 Å². The van der Waals surface area contributed by atoms with Crippen molar-refractivity contribution in [2.75, 3.05) is 0 Å². The van der Waals surface area contributed by atoms with E-state index >= 15 is 0 Å². The molecular formula is C3H3F4NO4S2. The van der Waals surface area contributed by atoms with Gasteiger partial charge < -0.3 is 9.11 Å². The Morgan fingerprint density at radius 3 is 1.71 bits per heavy atom. The molecule has 0 aliphatic rings. The van der Waals surface area contributed by atoms with Gasteiger partial charge >= 0.3 is 11.2 Å². The molecule has 0 rings (SSSR count). The third kappa shape index (κ3) is 2.16. The van der Waals surface area contributed by atoms with E-state index in [1.807, 2.05) is 0 Å². The predicted molar refractivity (Wildman–Crippen MR) is 39.2 cm³/mol. The summed E-state index contributed by atoms with van der Waals surface area (Å²) in [7, 11) is 0. The minimum absolute atomic E-state index is 2.54. The van der Waals surface area contributed by atoms with Crippen molar-refractivity contribution in [3.63, 3.8) is 0 Å². The summed E-state index contributed by atoms with van der Waals surface area (Å²) in [5.41, 5.74) is 0. The first kappa shape index (κ1) is 13.6. The van der Waals surface area contributed by atoms with Crippen molar-refractivity contribution < 1.29 is 35.1 Å². The van der Waals surface area contributed by atoms with E-state index in [9.17, 15) is 26.0 Å². The van der Waals surface area contributed by atoms with Crippen LogP contribution in [0, 0.1) is 5.41 Å². The zero-order valence-electron chi connectivity index (χ0n) is 6.04. The Labute approximate surface area is 79.6 Å². The molecule has 0 aliphatic carbocycles. The molecule has 0 amide bonds. The largest absolute Gasteiger partial charge is 0.413 e. The molecule has 0 aromatic heterocycles. The number of alkyl halides is 4. The summed E-state index contributed by atoms with van der Waals surface area (Å²) in [6.45, 7) is 0. The molecule has 0 saturated carbocycles. The molecule has 84 valence electrons. The van der Waals surface area contributed by atoms with Gasteiger partial charge in [-0.25, -0.2) is 8.42 Å². The first-order valence-electron chi connectivity index (χ1n) is 2.61. The average molecular weight is 257 g/mol. The first-order valence-corrected chi connectivity index (χ1v) is 4.83. The van der Waals surface area contributed by atoms with Crippen LogP contribution in [0.15, 0.2) is 0 Å². The molecule has 0 fully saturated rings. The van der Waals surface area contributed by atoms with E-state index in [-0.39, 0.29) is 0 Å². The summed E-state index contributed by atoms with van der Waals surface area (Å²) in [5, 5.41) is -1.85. The number of nitrogens with one attached hydrogen (secondary N) is 1. The topological polar surface area (TPSA) is 98.5 Å². The van der Waals surface area contributed by atoms with E-state index in [0.29, 0.717) is 0 Å². The van der Waals surface area contributed by atoms with Gasteiger partial charge in [0.2, 0.25) is 27.2 Å². The highest BCUT2D eigenvalue weighted by Crippen LogP contribution is 2.37. The van der Waals surface area contributed by atoms with Crippen LogP contribution < -0.4 is 0 Å². The standard InChI is InChI=1S/C3H3F4NO4S2/c4-2(5,1(8)13(9)10)3(6,7)14(11)12/h8H,(H,9,10)(H,11,12). The fourth-order valence-corrected chi connectivity index (χ4v) is 1.08. The normalized spacial score (nSPS) is 17.6. The molecule has 0 aliphatic heterocycles. The molecule has 0 aromatic carbocycles. The zero-order valence-corrected chi connectivity index (χ0v) is 7.67. The Kier molecular flexibility index (Phi) is 3.89. The van der Waals surface area contributed by atoms with Crippen molar-refractivity contribution in [2.45, 2.75) is 11.2 Å². The second kappa shape index (κ2) is 4.00. The highest BCUT2D eigenvalue weighted by atomic mass is 32.2. The van der Waals surface area contributed by atoms with Crippen LogP contribution in [0.5, 0.6) is 0 Å². The molecule has 3 N–H and O–H groups in total. The molecule has 11 heteroatoms. The molecule has 14 heavy (non-hydrogen) atoms. The van der Waals surface area contributed by atoms with Crippen molar-refractivity contribution >= 4 is 27.2 Å². The van der Waals surface area contributed by atoms with Gasteiger partial charge in [-0.05, 0) is 0 Å². The number of rotatable bonds is 3. The zero-order chi connectivity index (χ0) is 11.7. The number of halogens is 4. The predicted octanol–water partition coefficient (Wildman–Crippen LogP) is 0.635. The van der Waals surface area contributed by atoms with Gasteiger partial charge in [0.05, 0.1) is 0 Å². The van der Waals surface area contributed by atoms with Crippen LogP contribution in [-0.2, 0) is 22.2 Å². The minimum atomic E-state index is -5.48. The molecule has 0 saturated heterocycles. The van der Waals surface area contributed by atoms with Crippen LogP contribution in [-0.4, -0.2) is 33.7 Å². The van der Waals surface area contributed by atoms with Gasteiger partial charge in [-0.3, -0.25) is 5.41 Å². The fraction of sp³-hybridized carbons (Fsp3) is 0.667. The lowest BCUT2D eigenvalue weighted by Gasteiger charge is -2.21. The summed E-state index contributed by atoms with van der Waals surface area (Å²) >= 11 is -7.89. The maximum absolute atomic E-state index is 12.4. The van der Waals surface area contributed by atoms with E-state index in [4.69, 9.17) is 14.5 Å². The molecule has 0 bridgehead atoms. The maximum atomic E-state index is 12.4. The van der Waals surface area contributed by atoms with Crippen molar-refractivity contribution in [2.24, 2.45) is 0 Å². The fourth-order valence-electron chi connectivity index (χ4n) is 0.351. The second-order valence-corrected chi connectivity index (χ2v) is 3.84. The lowest BCUT2D eigenvalue weighted by Crippen LogP contribution is -2.50. The molecular weight excluding hydrogens is 254 g/mol. The summed E-state index contributed by atoms with van der Waals surface area (Å²) in [4.78, 5) is 0. The van der Waals surface area contributed by atoms with Crippen molar-refractivity contribution in [1.29, 1.82) is 5.41 Å². The van der Waals surface area contributed by atoms with Crippen LogP contribution in [0.3, 0.4) is 0 Å². The Morgan fingerprint density at radius 2 is 1.50 bits per heavy atom. The van der Waals surface area contributed by atoms with Gasteiger partial charge in [0.25, 0.3) is 0 Å². The molecule has 0 heterocycles. The van der Waals surface area contributed by atoms with Gasteiger partial charge in [-0.1, -0.05) is 0 Å². The van der Waals surface area contributed by atoms with Crippen LogP contribution in [0.1, 0.15) is 0 Å². The highest BCUT2D eigenvalue weighted by molar-refractivity contribution is 7.95. The van der Waals surface area contributed by atoms with Gasteiger partial charge in [0, 0.05) is 0 Å². The van der Waals surface area contributed by atoms with Crippen LogP contribution in [0.2, 0.25) is 0 Å². The van der Waals surface area contributed by atoms with Gasteiger partial charge in [-0.15, -0.1) is 0 Å². The van der Waals surface area contributed by atoms with Gasteiger partial charge in [0.15, 0.2) is 0 Å². The third-order valence-electron chi connectivity index (χ3n) is 1.04. The SMILES string of the molecule is N=C(S(=O)O)C(F)(F)C(F)(F)S(=O)O. The third-order valence-corrected chi connectivity index (χ3v) is 2.35. The van der Waals surface area contributed by atoms with Crippen LogP contribution >= 0.6 is 0 Å². The first-order chi connectivity index (χ1) is 6.05. The van der Waals surface area contributed by atoms with E-state index in [1.54, 1.807) is 0 Å². The summed E-state index contributed by atoms with van der Waals surface area (Å²) in [5.74, 6) is -5.45. The van der Waals surface area contributed by atoms with Crippen molar-refractivity contribution in [3.05, 3.63) is 0 Å². The molecule has 0 radical (unpaired) electrons.